The van der Waals surface area contributed by atoms with Gasteiger partial charge >= 0.3 is 0 Å². The molecule has 0 saturated heterocycles. The highest BCUT2D eigenvalue weighted by atomic mass is 79.9. The number of rotatable bonds is 10. The molecule has 0 spiro atoms. The third-order valence-corrected chi connectivity index (χ3v) is 5.23. The molecule has 0 aliphatic heterocycles. The van der Waals surface area contributed by atoms with Gasteiger partial charge in [0.2, 0.25) is 5.95 Å². The highest BCUT2D eigenvalue weighted by molar-refractivity contribution is 9.10. The van der Waals surface area contributed by atoms with E-state index in [0.717, 1.165) is 37.8 Å². The number of unbranched alkanes of at least 4 members (excludes halogenated alkanes) is 5. The molecule has 0 amide bonds. The van der Waals surface area contributed by atoms with Gasteiger partial charge in [-0.25, -0.2) is 4.68 Å². The second-order valence-corrected chi connectivity index (χ2v) is 7.16. The number of aryl methyl sites for hydroxylation is 1. The lowest BCUT2D eigenvalue weighted by molar-refractivity contribution is 0.199. The average Bonchev–Trinajstić information content (AvgIpc) is 2.73. The lowest BCUT2D eigenvalue weighted by Gasteiger charge is -2.30. The Morgan fingerprint density at radius 2 is 1.62 bits per heavy atom. The van der Waals surface area contributed by atoms with Crippen LogP contribution in [-0.2, 0) is 5.54 Å². The van der Waals surface area contributed by atoms with Gasteiger partial charge in [0.15, 0.2) is 0 Å². The molecule has 21 heavy (non-hydrogen) atoms. The SMILES string of the molecule is CCCCCCCC(C)(CCCC)n1nc(C)c(Br)c1F. The summed E-state index contributed by atoms with van der Waals surface area (Å²) in [4.78, 5) is 0. The number of hydrogen-bond acceptors (Lipinski definition) is 1. The monoisotopic (exact) mass is 360 g/mol. The van der Waals surface area contributed by atoms with Crippen molar-refractivity contribution in [3.8, 4) is 0 Å². The van der Waals surface area contributed by atoms with Crippen molar-refractivity contribution >= 4 is 15.9 Å². The quantitative estimate of drug-likeness (QED) is 0.444. The maximum absolute atomic E-state index is 14.4. The van der Waals surface area contributed by atoms with Crippen LogP contribution in [0.5, 0.6) is 0 Å². The molecule has 1 unspecified atom stereocenters. The summed E-state index contributed by atoms with van der Waals surface area (Å²) < 4.78 is 16.6. The molecule has 0 aromatic carbocycles. The van der Waals surface area contributed by atoms with Crippen LogP contribution in [-0.4, -0.2) is 9.78 Å². The van der Waals surface area contributed by atoms with Gasteiger partial charge in [-0.2, -0.15) is 9.49 Å². The molecule has 0 fully saturated rings. The zero-order valence-corrected chi connectivity index (χ0v) is 15.6. The zero-order chi connectivity index (χ0) is 15.9. The van der Waals surface area contributed by atoms with E-state index in [9.17, 15) is 4.39 Å². The van der Waals surface area contributed by atoms with Gasteiger partial charge in [0.1, 0.15) is 0 Å². The second kappa shape index (κ2) is 8.92. The van der Waals surface area contributed by atoms with E-state index in [2.05, 4.69) is 41.8 Å². The Balaban J connectivity index is 2.79. The van der Waals surface area contributed by atoms with Crippen LogP contribution in [0, 0.1) is 12.9 Å². The van der Waals surface area contributed by atoms with Crippen LogP contribution < -0.4 is 0 Å². The molecule has 0 N–H and O–H groups in total. The van der Waals surface area contributed by atoms with Gasteiger partial charge < -0.3 is 0 Å². The van der Waals surface area contributed by atoms with Gasteiger partial charge in [-0.05, 0) is 42.6 Å². The van der Waals surface area contributed by atoms with Crippen molar-refractivity contribution in [2.45, 2.75) is 91.0 Å². The standard InChI is InChI=1S/C17H30BrFN2/c1-5-7-9-10-11-13-17(4,12-8-6-2)21-16(19)15(18)14(3)20-21/h5-13H2,1-4H3. The molecule has 4 heteroatoms. The van der Waals surface area contributed by atoms with Crippen molar-refractivity contribution in [2.24, 2.45) is 0 Å². The average molecular weight is 361 g/mol. The summed E-state index contributed by atoms with van der Waals surface area (Å²) in [5.41, 5.74) is 0.532. The molecule has 0 saturated carbocycles. The summed E-state index contributed by atoms with van der Waals surface area (Å²) in [6, 6.07) is 0. The Labute approximate surface area is 137 Å². The molecule has 1 heterocycles. The first-order valence-corrected chi connectivity index (χ1v) is 9.16. The molecule has 0 aliphatic rings. The third-order valence-electron chi connectivity index (χ3n) is 4.33. The first kappa shape index (κ1) is 18.7. The van der Waals surface area contributed by atoms with Crippen LogP contribution in [0.2, 0.25) is 0 Å². The van der Waals surface area contributed by atoms with E-state index in [0.29, 0.717) is 4.47 Å². The fourth-order valence-corrected chi connectivity index (χ4v) is 3.09. The van der Waals surface area contributed by atoms with E-state index in [1.807, 2.05) is 6.92 Å². The third kappa shape index (κ3) is 5.08. The first-order valence-electron chi connectivity index (χ1n) is 8.37. The van der Waals surface area contributed by atoms with E-state index < -0.39 is 0 Å². The Kier molecular flexibility index (Phi) is 7.93. The molecule has 1 rings (SSSR count). The minimum Gasteiger partial charge on any atom is -0.232 e. The highest BCUT2D eigenvalue weighted by Crippen LogP contribution is 2.33. The summed E-state index contributed by atoms with van der Waals surface area (Å²) >= 11 is 3.30. The summed E-state index contributed by atoms with van der Waals surface area (Å²) in [5.74, 6) is -0.223. The van der Waals surface area contributed by atoms with Gasteiger partial charge in [-0.1, -0.05) is 58.8 Å². The minimum atomic E-state index is -0.223. The molecule has 0 radical (unpaired) electrons. The molecule has 0 aliphatic carbocycles. The summed E-state index contributed by atoms with van der Waals surface area (Å²) in [6.45, 7) is 8.42. The maximum atomic E-state index is 14.4. The summed E-state index contributed by atoms with van der Waals surface area (Å²) in [6.07, 6.45) is 10.5. The minimum absolute atomic E-state index is 0.205. The van der Waals surface area contributed by atoms with E-state index in [4.69, 9.17) is 0 Å². The Hall–Kier alpha value is -0.380. The van der Waals surface area contributed by atoms with Crippen molar-refractivity contribution < 1.29 is 4.39 Å². The van der Waals surface area contributed by atoms with Crippen LogP contribution in [0.4, 0.5) is 4.39 Å². The Bertz CT molecular complexity index is 431. The molecule has 122 valence electrons. The Morgan fingerprint density at radius 3 is 2.14 bits per heavy atom. The number of nitrogens with zero attached hydrogens (tertiary/aromatic N) is 2. The number of hydrogen-bond donors (Lipinski definition) is 0. The van der Waals surface area contributed by atoms with Crippen LogP contribution in [0.1, 0.15) is 84.3 Å². The topological polar surface area (TPSA) is 17.8 Å². The van der Waals surface area contributed by atoms with Gasteiger partial charge in [-0.3, -0.25) is 0 Å². The lowest BCUT2D eigenvalue weighted by atomic mass is 9.88. The van der Waals surface area contributed by atoms with Crippen molar-refractivity contribution in [1.29, 1.82) is 0 Å². The van der Waals surface area contributed by atoms with Crippen molar-refractivity contribution in [3.63, 3.8) is 0 Å². The van der Waals surface area contributed by atoms with Gasteiger partial charge in [0, 0.05) is 0 Å². The fourth-order valence-electron chi connectivity index (χ4n) is 2.84. The first-order chi connectivity index (χ1) is 9.96. The summed E-state index contributed by atoms with van der Waals surface area (Å²) in [7, 11) is 0. The second-order valence-electron chi connectivity index (χ2n) is 6.37. The van der Waals surface area contributed by atoms with Gasteiger partial charge in [0.05, 0.1) is 15.7 Å². The van der Waals surface area contributed by atoms with E-state index in [-0.39, 0.29) is 11.5 Å². The largest absolute Gasteiger partial charge is 0.232 e. The smallest absolute Gasteiger partial charge is 0.226 e. The van der Waals surface area contributed by atoms with Crippen molar-refractivity contribution in [2.75, 3.05) is 0 Å². The molecule has 2 nitrogen and oxygen atoms in total. The molecule has 1 atom stereocenters. The summed E-state index contributed by atoms with van der Waals surface area (Å²) in [5, 5.41) is 4.44. The van der Waals surface area contributed by atoms with E-state index in [1.165, 1.54) is 25.7 Å². The van der Waals surface area contributed by atoms with Crippen LogP contribution in [0.25, 0.3) is 0 Å². The molecule has 1 aromatic rings. The molecular formula is C17H30BrFN2. The van der Waals surface area contributed by atoms with E-state index >= 15 is 0 Å². The zero-order valence-electron chi connectivity index (χ0n) is 14.0. The maximum Gasteiger partial charge on any atom is 0.226 e. The molecular weight excluding hydrogens is 331 g/mol. The molecule has 0 bridgehead atoms. The van der Waals surface area contributed by atoms with Gasteiger partial charge in [-0.15, -0.1) is 0 Å². The lowest BCUT2D eigenvalue weighted by Crippen LogP contribution is -2.32. The number of aromatic nitrogens is 2. The predicted octanol–water partition coefficient (Wildman–Crippen LogP) is 6.36. The molecule has 1 aromatic heterocycles. The highest BCUT2D eigenvalue weighted by Gasteiger charge is 2.30. The number of halogens is 2. The van der Waals surface area contributed by atoms with E-state index in [1.54, 1.807) is 4.68 Å². The Morgan fingerprint density at radius 1 is 1.05 bits per heavy atom. The van der Waals surface area contributed by atoms with Crippen molar-refractivity contribution in [3.05, 3.63) is 16.1 Å². The van der Waals surface area contributed by atoms with Crippen LogP contribution in [0.15, 0.2) is 4.47 Å². The van der Waals surface area contributed by atoms with Crippen LogP contribution >= 0.6 is 15.9 Å². The fraction of sp³-hybridized carbons (Fsp3) is 0.824. The van der Waals surface area contributed by atoms with Gasteiger partial charge in [0.25, 0.3) is 0 Å². The van der Waals surface area contributed by atoms with Crippen molar-refractivity contribution in [1.82, 2.24) is 9.78 Å². The van der Waals surface area contributed by atoms with Crippen LogP contribution in [0.3, 0.4) is 0 Å². The predicted molar refractivity (Wildman–Crippen MR) is 91.2 cm³/mol. The normalized spacial score (nSPS) is 14.4.